The average molecular weight is 1010 g/mol. The Kier molecular flexibility index (Phi) is 14.0. The SMILES string of the molecule is CC(C)N1C(=O)N(c2ccc(N3CCN(c4ccc(OC[C@H]5OC[C@](Cn6cncn6)(c6ccc(F)cc6F)O5)cc4)CC3)cc2)CC1(O)C1CC1.CC(C1CC1)C(O)(Cn1cncn1)c1ccc(Cl)cc1. The summed E-state index contributed by atoms with van der Waals surface area (Å²) < 4.78 is 50.0. The van der Waals surface area contributed by atoms with E-state index in [4.69, 9.17) is 25.8 Å². The molecule has 3 unspecified atom stereocenters. The first-order valence-corrected chi connectivity index (χ1v) is 25.1. The van der Waals surface area contributed by atoms with Gasteiger partial charge in [0.15, 0.2) is 12.0 Å². The fourth-order valence-electron chi connectivity index (χ4n) is 10.6. The molecule has 3 saturated heterocycles. The normalized spacial score (nSPS) is 23.6. The zero-order chi connectivity index (χ0) is 50.2. The Morgan fingerprint density at radius 1 is 0.819 bits per heavy atom. The molecule has 6 aromatic rings. The van der Waals surface area contributed by atoms with E-state index in [9.17, 15) is 23.8 Å². The molecule has 2 saturated carbocycles. The van der Waals surface area contributed by atoms with E-state index >= 15 is 0 Å². The standard InChI is InChI=1S/C38H43F2N7O5.C15H18ClN3O/c1-26(2)47-36(48)46(22-38(47,49)27-3-4-27)31-8-6-29(7-9-31)43-15-17-44(18-16-43)30-10-12-32(13-11-30)50-20-35-51-23-37(52-35,21-45-25-41-24-42-45)33-14-5-28(39)19-34(33)40;1-11(12-2-3-12)15(20,8-19-10-17-9-18-19)13-4-6-14(16)7-5-13/h5-14,19,24-27,35,49H,3-4,15-18,20-23H2,1-2H3;4-7,9-12,20H,2-3,8H2,1H3/t35-,37+,38?;/m0./s1. The number of rotatable bonds is 16. The van der Waals surface area contributed by atoms with E-state index in [2.05, 4.69) is 49.0 Å². The molecule has 5 heterocycles. The molecule has 4 aromatic carbocycles. The summed E-state index contributed by atoms with van der Waals surface area (Å²) in [5, 5.41) is 31.7. The molecule has 380 valence electrons. The van der Waals surface area contributed by atoms with Gasteiger partial charge in [-0.15, -0.1) is 0 Å². The minimum Gasteiger partial charge on any atom is -0.488 e. The molecule has 3 aliphatic heterocycles. The quantitative estimate of drug-likeness (QED) is 0.0969. The van der Waals surface area contributed by atoms with Gasteiger partial charge in [0.25, 0.3) is 0 Å². The van der Waals surface area contributed by atoms with Crippen molar-refractivity contribution in [1.29, 1.82) is 0 Å². The number of piperazine rings is 1. The monoisotopic (exact) mass is 1010 g/mol. The lowest BCUT2D eigenvalue weighted by molar-refractivity contribution is -0.117. The van der Waals surface area contributed by atoms with Crippen LogP contribution >= 0.6 is 11.6 Å². The van der Waals surface area contributed by atoms with Gasteiger partial charge in [0.2, 0.25) is 0 Å². The van der Waals surface area contributed by atoms with Crippen molar-refractivity contribution in [2.75, 3.05) is 60.6 Å². The molecule has 2 aromatic heterocycles. The molecule has 5 atom stereocenters. The molecule has 72 heavy (non-hydrogen) atoms. The van der Waals surface area contributed by atoms with Crippen molar-refractivity contribution in [3.8, 4) is 5.75 Å². The minimum atomic E-state index is -1.24. The zero-order valence-corrected chi connectivity index (χ0v) is 41.4. The first kappa shape index (κ1) is 49.4. The predicted octanol–water partition coefficient (Wildman–Crippen LogP) is 7.84. The Balaban J connectivity index is 0.000000248. The molecule has 0 bridgehead atoms. The third-order valence-electron chi connectivity index (χ3n) is 14.8. The number of hydrogen-bond donors (Lipinski definition) is 2. The summed E-state index contributed by atoms with van der Waals surface area (Å²) in [4.78, 5) is 29.3. The molecular weight excluding hydrogens is 946 g/mol. The van der Waals surface area contributed by atoms with Crippen molar-refractivity contribution >= 4 is 34.7 Å². The average Bonchev–Trinajstić information content (AvgIpc) is 4.23. The molecule has 0 radical (unpaired) electrons. The predicted molar refractivity (Wildman–Crippen MR) is 266 cm³/mol. The number of aliphatic hydroxyl groups is 2. The van der Waals surface area contributed by atoms with Crippen LogP contribution in [0, 0.1) is 29.4 Å². The van der Waals surface area contributed by atoms with Gasteiger partial charge in [-0.05, 0) is 124 Å². The molecule has 2 N–H and O–H groups in total. The van der Waals surface area contributed by atoms with E-state index in [0.29, 0.717) is 29.8 Å². The first-order chi connectivity index (χ1) is 34.7. The van der Waals surface area contributed by atoms with E-state index in [1.165, 1.54) is 48.6 Å². The maximum Gasteiger partial charge on any atom is 0.327 e. The second-order valence-electron chi connectivity index (χ2n) is 20.0. The van der Waals surface area contributed by atoms with Gasteiger partial charge >= 0.3 is 6.03 Å². The third-order valence-corrected chi connectivity index (χ3v) is 15.1. The second-order valence-corrected chi connectivity index (χ2v) is 20.4. The maximum atomic E-state index is 14.9. The summed E-state index contributed by atoms with van der Waals surface area (Å²) in [5.41, 5.74) is 0.753. The summed E-state index contributed by atoms with van der Waals surface area (Å²) in [6, 6.07) is 26.6. The van der Waals surface area contributed by atoms with Crippen LogP contribution in [0.15, 0.2) is 116 Å². The number of carbonyl (C=O) groups is 1. The van der Waals surface area contributed by atoms with E-state index in [1.54, 1.807) is 20.8 Å². The van der Waals surface area contributed by atoms with Gasteiger partial charge in [0.05, 0.1) is 26.2 Å². The molecule has 5 aliphatic rings. The van der Waals surface area contributed by atoms with Gasteiger partial charge in [-0.25, -0.2) is 32.9 Å². The summed E-state index contributed by atoms with van der Waals surface area (Å²) in [6.45, 7) is 10.3. The highest BCUT2D eigenvalue weighted by atomic mass is 35.5. The number of benzene rings is 4. The number of ether oxygens (including phenoxy) is 3. The van der Waals surface area contributed by atoms with Crippen molar-refractivity contribution in [3.63, 3.8) is 0 Å². The summed E-state index contributed by atoms with van der Waals surface area (Å²) in [5.74, 6) is 0.139. The number of urea groups is 1. The number of anilines is 3. The number of hydrogen-bond acceptors (Lipinski definition) is 12. The molecule has 11 rings (SSSR count). The highest BCUT2D eigenvalue weighted by Crippen LogP contribution is 2.48. The number of halogens is 3. The summed E-state index contributed by atoms with van der Waals surface area (Å²) >= 11 is 5.95. The molecule has 5 fully saturated rings. The van der Waals surface area contributed by atoms with Crippen molar-refractivity contribution in [1.82, 2.24) is 34.4 Å². The summed E-state index contributed by atoms with van der Waals surface area (Å²) in [7, 11) is 0. The van der Waals surface area contributed by atoms with Crippen LogP contribution in [0.4, 0.5) is 30.6 Å². The Labute approximate surface area is 422 Å². The van der Waals surface area contributed by atoms with Crippen LogP contribution in [0.25, 0.3) is 0 Å². The molecule has 0 spiro atoms. The molecule has 19 heteroatoms. The molecule has 16 nitrogen and oxygen atoms in total. The Hall–Kier alpha value is -6.18. The number of carbonyl (C=O) groups excluding carboxylic acids is 1. The molecule has 2 amide bonds. The number of β-amino-alcohol motifs (C(OH)–C–C–N with tert-alkyl or cyclic N) is 1. The van der Waals surface area contributed by atoms with Crippen LogP contribution in [-0.2, 0) is 33.8 Å². The van der Waals surface area contributed by atoms with Gasteiger partial charge in [-0.1, -0.05) is 36.7 Å². The number of nitrogens with zero attached hydrogens (tertiary/aromatic N) is 10. The Morgan fingerprint density at radius 2 is 1.43 bits per heavy atom. The topological polar surface area (TPSA) is 160 Å². The van der Waals surface area contributed by atoms with E-state index in [0.717, 1.165) is 67.7 Å². The van der Waals surface area contributed by atoms with Gasteiger partial charge in [0, 0.05) is 71.9 Å². The Morgan fingerprint density at radius 3 is 2.00 bits per heavy atom. The lowest BCUT2D eigenvalue weighted by Gasteiger charge is -2.37. The first-order valence-electron chi connectivity index (χ1n) is 24.8. The van der Waals surface area contributed by atoms with Crippen molar-refractivity contribution in [2.45, 2.75) is 88.8 Å². The fraction of sp³-hybridized carbons (Fsp3) is 0.453. The fourth-order valence-corrected chi connectivity index (χ4v) is 10.7. The lowest BCUT2D eigenvalue weighted by atomic mass is 9.79. The van der Waals surface area contributed by atoms with Crippen LogP contribution in [0.5, 0.6) is 5.75 Å². The maximum absolute atomic E-state index is 14.9. The number of amides is 2. The Bertz CT molecular complexity index is 2760. The number of aromatic nitrogens is 6. The second kappa shape index (κ2) is 20.4. The summed E-state index contributed by atoms with van der Waals surface area (Å²) in [6.07, 6.45) is 9.51. The van der Waals surface area contributed by atoms with Crippen LogP contribution in [0.3, 0.4) is 0 Å². The highest BCUT2D eigenvalue weighted by molar-refractivity contribution is 6.30. The van der Waals surface area contributed by atoms with E-state index in [1.807, 2.05) is 74.5 Å². The van der Waals surface area contributed by atoms with Crippen LogP contribution in [0.2, 0.25) is 5.02 Å². The van der Waals surface area contributed by atoms with E-state index in [-0.39, 0.29) is 49.2 Å². The lowest BCUT2D eigenvalue weighted by Crippen LogP contribution is -2.52. The third kappa shape index (κ3) is 10.4. The van der Waals surface area contributed by atoms with Gasteiger partial charge in [-0.3, -0.25) is 9.80 Å². The van der Waals surface area contributed by atoms with Crippen LogP contribution < -0.4 is 19.4 Å². The van der Waals surface area contributed by atoms with Gasteiger partial charge < -0.3 is 34.2 Å². The highest BCUT2D eigenvalue weighted by Gasteiger charge is 2.58. The van der Waals surface area contributed by atoms with Crippen LogP contribution in [-0.4, -0.2) is 115 Å². The van der Waals surface area contributed by atoms with Crippen LogP contribution in [0.1, 0.15) is 57.6 Å². The molecule has 2 aliphatic carbocycles. The minimum absolute atomic E-state index is 0.0262. The van der Waals surface area contributed by atoms with Crippen molar-refractivity contribution in [2.24, 2.45) is 17.8 Å². The smallest absolute Gasteiger partial charge is 0.327 e. The van der Waals surface area contributed by atoms with E-state index < -0.39 is 34.9 Å². The van der Waals surface area contributed by atoms with Gasteiger partial charge in [0.1, 0.15) is 60.5 Å². The van der Waals surface area contributed by atoms with Crippen molar-refractivity contribution in [3.05, 3.63) is 144 Å². The van der Waals surface area contributed by atoms with Gasteiger partial charge in [-0.2, -0.15) is 10.2 Å². The van der Waals surface area contributed by atoms with Crippen molar-refractivity contribution < 1.29 is 38.0 Å². The molecular formula is C53H61ClF2N10O6. The zero-order valence-electron chi connectivity index (χ0n) is 40.7. The largest absolute Gasteiger partial charge is 0.488 e.